The lowest BCUT2D eigenvalue weighted by molar-refractivity contribution is -0.466. The predicted octanol–water partition coefficient (Wildman–Crippen LogP) is 7.04. The van der Waals surface area contributed by atoms with Crippen LogP contribution in [0.2, 0.25) is 0 Å². The van der Waals surface area contributed by atoms with E-state index in [-0.39, 0.29) is 5.71 Å². The van der Waals surface area contributed by atoms with E-state index < -0.39 is 17.5 Å². The molecule has 0 saturated heterocycles. The van der Waals surface area contributed by atoms with Gasteiger partial charge in [-0.15, -0.1) is 4.81 Å². The zero-order valence-electron chi connectivity index (χ0n) is 21.8. The van der Waals surface area contributed by atoms with E-state index in [9.17, 15) is 9.59 Å². The highest BCUT2D eigenvalue weighted by Gasteiger charge is 2.54. The van der Waals surface area contributed by atoms with Crippen molar-refractivity contribution < 1.29 is 23.9 Å². The molecule has 6 rings (SSSR count). The van der Waals surface area contributed by atoms with Gasteiger partial charge in [0.25, 0.3) is 0 Å². The van der Waals surface area contributed by atoms with Gasteiger partial charge in [-0.3, -0.25) is 4.79 Å². The molecule has 196 valence electrons. The molecule has 1 aliphatic rings. The van der Waals surface area contributed by atoms with Crippen molar-refractivity contribution in [1.29, 1.82) is 0 Å². The molecule has 0 spiro atoms. The normalized spacial score (nSPS) is 16.6. The molecule has 0 saturated carbocycles. The molecule has 1 aliphatic heterocycles. The van der Waals surface area contributed by atoms with Crippen molar-refractivity contribution in [3.63, 3.8) is 0 Å². The number of nitrogens with zero attached hydrogens (tertiary/aromatic N) is 4. The van der Waals surface area contributed by atoms with Gasteiger partial charge in [-0.25, -0.2) is 9.79 Å². The lowest BCUT2D eigenvalue weighted by atomic mass is 9.79. The number of benzene rings is 5. The van der Waals surface area contributed by atoms with Crippen molar-refractivity contribution in [3.8, 4) is 0 Å². The first-order valence-electron chi connectivity index (χ1n) is 12.6. The van der Waals surface area contributed by atoms with E-state index in [0.29, 0.717) is 28.0 Å². The SMILES string of the molecule is COC(=O)C(=Nc1ccccc1)C1(C(=O)OC)[N-][N+](c2ccccc2)=Nc2c1c1ccccc1c1ccccc21. The second-order valence-corrected chi connectivity index (χ2v) is 9.13. The molecule has 0 fully saturated rings. The number of ether oxygens (including phenoxy) is 2. The largest absolute Gasteiger partial charge is 0.468 e. The van der Waals surface area contributed by atoms with Gasteiger partial charge in [-0.1, -0.05) is 84.9 Å². The quantitative estimate of drug-likeness (QED) is 0.106. The molecule has 0 radical (unpaired) electrons. The fourth-order valence-electron chi connectivity index (χ4n) is 5.13. The molecule has 8 heteroatoms. The minimum Gasteiger partial charge on any atom is -0.468 e. The third-order valence-corrected chi connectivity index (χ3v) is 6.89. The number of rotatable bonds is 5. The third kappa shape index (κ3) is 3.89. The molecule has 0 N–H and O–H groups in total. The molecule has 0 aromatic heterocycles. The van der Waals surface area contributed by atoms with Gasteiger partial charge in [-0.05, 0) is 39.2 Å². The molecule has 0 aliphatic carbocycles. The van der Waals surface area contributed by atoms with Crippen molar-refractivity contribution in [2.24, 2.45) is 10.1 Å². The van der Waals surface area contributed by atoms with Gasteiger partial charge in [0.2, 0.25) is 11.2 Å². The Hall–Kier alpha value is -5.37. The Morgan fingerprint density at radius 3 is 1.90 bits per heavy atom. The first-order valence-corrected chi connectivity index (χ1v) is 12.6. The maximum absolute atomic E-state index is 14.2. The maximum Gasteiger partial charge on any atom is 0.354 e. The van der Waals surface area contributed by atoms with Crippen LogP contribution in [-0.2, 0) is 24.6 Å². The van der Waals surface area contributed by atoms with Crippen LogP contribution in [0.15, 0.2) is 119 Å². The van der Waals surface area contributed by atoms with Crippen LogP contribution in [0.3, 0.4) is 0 Å². The van der Waals surface area contributed by atoms with E-state index in [0.717, 1.165) is 16.2 Å². The van der Waals surface area contributed by atoms with Crippen LogP contribution in [0.4, 0.5) is 17.1 Å². The molecule has 1 unspecified atom stereocenters. The van der Waals surface area contributed by atoms with Crippen LogP contribution in [-0.4, -0.2) is 36.7 Å². The summed E-state index contributed by atoms with van der Waals surface area (Å²) in [5.41, 5.74) is 4.47. The number of carbonyl (C=O) groups excluding carboxylic acids is 2. The van der Waals surface area contributed by atoms with Crippen molar-refractivity contribution >= 4 is 56.3 Å². The third-order valence-electron chi connectivity index (χ3n) is 6.89. The molecule has 1 atom stereocenters. The highest BCUT2D eigenvalue weighted by atomic mass is 16.5. The lowest BCUT2D eigenvalue weighted by Gasteiger charge is -2.39. The zero-order chi connectivity index (χ0) is 27.7. The highest BCUT2D eigenvalue weighted by molar-refractivity contribution is 6.46. The van der Waals surface area contributed by atoms with Crippen LogP contribution in [0, 0.1) is 0 Å². The van der Waals surface area contributed by atoms with E-state index in [4.69, 9.17) is 20.0 Å². The molecule has 1 heterocycles. The second kappa shape index (κ2) is 10.1. The zero-order valence-corrected chi connectivity index (χ0v) is 21.8. The monoisotopic (exact) mass is 528 g/mol. The van der Waals surface area contributed by atoms with E-state index in [2.05, 4.69) is 4.99 Å². The number of carbonyl (C=O) groups is 2. The number of hydrogen-bond acceptors (Lipinski definition) is 6. The summed E-state index contributed by atoms with van der Waals surface area (Å²) in [4.78, 5) is 33.9. The molecular formula is C32H24N4O4. The fraction of sp³-hybridized carbons (Fsp3) is 0.0938. The van der Waals surface area contributed by atoms with Gasteiger partial charge < -0.3 is 9.47 Å². The van der Waals surface area contributed by atoms with Crippen LogP contribution in [0.1, 0.15) is 5.56 Å². The Morgan fingerprint density at radius 2 is 1.27 bits per heavy atom. The maximum atomic E-state index is 14.2. The summed E-state index contributed by atoms with van der Waals surface area (Å²) in [6.07, 6.45) is 0. The number of fused-ring (bicyclic) bond motifs is 6. The topological polar surface area (TPSA) is 94.4 Å². The average Bonchev–Trinajstić information content (AvgIpc) is 3.03. The number of methoxy groups -OCH3 is 2. The van der Waals surface area contributed by atoms with Gasteiger partial charge >= 0.3 is 11.9 Å². The van der Waals surface area contributed by atoms with E-state index >= 15 is 0 Å². The van der Waals surface area contributed by atoms with Gasteiger partial charge in [0.1, 0.15) is 0 Å². The van der Waals surface area contributed by atoms with Crippen LogP contribution >= 0.6 is 0 Å². The Bertz CT molecular complexity index is 1830. The molecule has 40 heavy (non-hydrogen) atoms. The number of esters is 2. The summed E-state index contributed by atoms with van der Waals surface area (Å²) < 4.78 is 10.6. The van der Waals surface area contributed by atoms with Gasteiger partial charge in [0, 0.05) is 17.8 Å². The van der Waals surface area contributed by atoms with Crippen LogP contribution in [0.25, 0.3) is 27.0 Å². The van der Waals surface area contributed by atoms with Gasteiger partial charge in [0.05, 0.1) is 19.9 Å². The van der Waals surface area contributed by atoms with Crippen LogP contribution < -0.4 is 0 Å². The average molecular weight is 529 g/mol. The highest BCUT2D eigenvalue weighted by Crippen LogP contribution is 2.52. The van der Waals surface area contributed by atoms with Gasteiger partial charge in [0.15, 0.2) is 5.71 Å². The second-order valence-electron chi connectivity index (χ2n) is 9.13. The Morgan fingerprint density at radius 1 is 0.725 bits per heavy atom. The predicted molar refractivity (Wildman–Crippen MR) is 153 cm³/mol. The summed E-state index contributed by atoms with van der Waals surface area (Å²) >= 11 is 0. The Labute approximate surface area is 230 Å². The first-order chi connectivity index (χ1) is 19.6. The minimum absolute atomic E-state index is 0.245. The number of hydrogen-bond donors (Lipinski definition) is 0. The molecular weight excluding hydrogens is 504 g/mol. The van der Waals surface area contributed by atoms with Crippen LogP contribution in [0.5, 0.6) is 0 Å². The Balaban J connectivity index is 1.83. The molecule has 8 nitrogen and oxygen atoms in total. The van der Waals surface area contributed by atoms with Crippen molar-refractivity contribution in [2.75, 3.05) is 14.2 Å². The molecule has 0 amide bonds. The minimum atomic E-state index is -2.06. The number of azo groups is 1. The smallest absolute Gasteiger partial charge is 0.354 e. The summed E-state index contributed by atoms with van der Waals surface area (Å²) in [5, 5.41) is 8.21. The summed E-state index contributed by atoms with van der Waals surface area (Å²) in [7, 11) is 2.51. The van der Waals surface area contributed by atoms with Gasteiger partial charge in [-0.2, -0.15) is 10.5 Å². The number of para-hydroxylation sites is 2. The summed E-state index contributed by atoms with van der Waals surface area (Å²) in [6, 6.07) is 33.5. The van der Waals surface area contributed by atoms with Crippen molar-refractivity contribution in [1.82, 2.24) is 0 Å². The van der Waals surface area contributed by atoms with E-state index in [1.54, 1.807) is 24.3 Å². The Kier molecular flexibility index (Phi) is 6.28. The van der Waals surface area contributed by atoms with E-state index in [1.165, 1.54) is 19.0 Å². The summed E-state index contributed by atoms with van der Waals surface area (Å²) in [5.74, 6) is -1.62. The molecule has 5 aromatic carbocycles. The number of aliphatic imine (C=N–C) groups is 1. The molecule has 0 bridgehead atoms. The summed E-state index contributed by atoms with van der Waals surface area (Å²) in [6.45, 7) is 0. The fourth-order valence-corrected chi connectivity index (χ4v) is 5.13. The standard InChI is InChI=1S/C32H24N4O4/c1-39-30(37)29(33-21-13-5-3-6-14-21)32(31(38)40-2)27-25-19-11-9-17-23(25)24-18-10-12-20-26(24)28(27)34-36(35-32)22-15-7-4-8-16-22/h3-20H,1-2H3. The first kappa shape index (κ1) is 24.9. The molecule has 5 aromatic rings. The lowest BCUT2D eigenvalue weighted by Crippen LogP contribution is -2.50. The van der Waals surface area contributed by atoms with Crippen molar-refractivity contribution in [3.05, 3.63) is 120 Å². The van der Waals surface area contributed by atoms with E-state index in [1.807, 2.05) is 84.9 Å². The van der Waals surface area contributed by atoms with Crippen molar-refractivity contribution in [2.45, 2.75) is 5.54 Å².